The van der Waals surface area contributed by atoms with E-state index in [9.17, 15) is 5.11 Å². The smallest absolute Gasteiger partial charge is 0.163 e. The highest BCUT2D eigenvalue weighted by Crippen LogP contribution is 2.35. The summed E-state index contributed by atoms with van der Waals surface area (Å²) >= 11 is 1.42. The lowest BCUT2D eigenvalue weighted by Gasteiger charge is -2.06. The molecular weight excluding hydrogens is 332 g/mol. The fourth-order valence-electron chi connectivity index (χ4n) is 2.71. The van der Waals surface area contributed by atoms with Crippen LogP contribution >= 0.6 is 11.3 Å². The molecular formula is C19H16N4OS. The molecule has 0 fully saturated rings. The molecule has 4 rings (SSSR count). The molecule has 1 unspecified atom stereocenters. The second-order valence-electron chi connectivity index (χ2n) is 5.86. The molecule has 3 N–H and O–H groups in total. The summed E-state index contributed by atoms with van der Waals surface area (Å²) in [6, 6.07) is 13.5. The van der Waals surface area contributed by atoms with Gasteiger partial charge in [-0.15, -0.1) is 11.3 Å². The number of pyridine rings is 1. The summed E-state index contributed by atoms with van der Waals surface area (Å²) in [6.45, 7) is 2.03. The van der Waals surface area contributed by atoms with Gasteiger partial charge in [-0.25, -0.2) is 9.97 Å². The Morgan fingerprint density at radius 1 is 1.12 bits per heavy atom. The average Bonchev–Trinajstić information content (AvgIpc) is 3.06. The molecule has 0 amide bonds. The number of aryl methyl sites for hydroxylation is 1. The van der Waals surface area contributed by atoms with Crippen molar-refractivity contribution in [2.45, 2.75) is 13.0 Å². The number of hydrogen-bond acceptors (Lipinski definition) is 6. The van der Waals surface area contributed by atoms with E-state index in [1.165, 1.54) is 11.3 Å². The third kappa shape index (κ3) is 2.97. The SMILES string of the molecule is Cc1cccc(-c2nc(N)c3cc(C(O)c4cccnc4)sc3n2)c1. The zero-order valence-corrected chi connectivity index (χ0v) is 14.4. The summed E-state index contributed by atoms with van der Waals surface area (Å²) < 4.78 is 0. The number of rotatable bonds is 3. The number of hydrogen-bond donors (Lipinski definition) is 2. The maximum Gasteiger partial charge on any atom is 0.163 e. The number of benzene rings is 1. The Balaban J connectivity index is 1.80. The van der Waals surface area contributed by atoms with Gasteiger partial charge in [0.15, 0.2) is 5.82 Å². The number of nitrogens with zero attached hydrogens (tertiary/aromatic N) is 3. The second-order valence-corrected chi connectivity index (χ2v) is 6.92. The van der Waals surface area contributed by atoms with Crippen LogP contribution in [0.3, 0.4) is 0 Å². The minimum absolute atomic E-state index is 0.419. The largest absolute Gasteiger partial charge is 0.383 e. The topological polar surface area (TPSA) is 84.9 Å². The Labute approximate surface area is 148 Å². The maximum absolute atomic E-state index is 10.6. The number of fused-ring (bicyclic) bond motifs is 1. The van der Waals surface area contributed by atoms with E-state index in [1.807, 2.05) is 43.3 Å². The number of anilines is 1. The molecule has 6 heteroatoms. The second kappa shape index (κ2) is 6.23. The first-order valence-electron chi connectivity index (χ1n) is 7.84. The van der Waals surface area contributed by atoms with Crippen molar-refractivity contribution in [3.05, 3.63) is 70.9 Å². The van der Waals surface area contributed by atoms with Crippen LogP contribution in [0.15, 0.2) is 54.9 Å². The highest BCUT2D eigenvalue weighted by molar-refractivity contribution is 7.18. The zero-order chi connectivity index (χ0) is 17.4. The van der Waals surface area contributed by atoms with E-state index in [0.717, 1.165) is 31.8 Å². The van der Waals surface area contributed by atoms with Crippen molar-refractivity contribution in [3.63, 3.8) is 0 Å². The Kier molecular flexibility index (Phi) is 3.91. The first-order chi connectivity index (χ1) is 12.1. The van der Waals surface area contributed by atoms with E-state index in [4.69, 9.17) is 5.73 Å². The van der Waals surface area contributed by atoms with E-state index in [2.05, 4.69) is 15.0 Å². The van der Waals surface area contributed by atoms with Crippen molar-refractivity contribution in [1.82, 2.24) is 15.0 Å². The van der Waals surface area contributed by atoms with Crippen molar-refractivity contribution in [2.75, 3.05) is 5.73 Å². The summed E-state index contributed by atoms with van der Waals surface area (Å²) in [5.74, 6) is 1.01. The molecule has 3 heterocycles. The van der Waals surface area contributed by atoms with Crippen molar-refractivity contribution in [3.8, 4) is 11.4 Å². The van der Waals surface area contributed by atoms with Gasteiger partial charge in [0.05, 0.1) is 5.39 Å². The third-order valence-electron chi connectivity index (χ3n) is 3.99. The van der Waals surface area contributed by atoms with Crippen molar-refractivity contribution >= 4 is 27.4 Å². The predicted molar refractivity (Wildman–Crippen MR) is 100 cm³/mol. The van der Waals surface area contributed by atoms with Gasteiger partial charge in [0.1, 0.15) is 16.8 Å². The molecule has 0 radical (unpaired) electrons. The number of thiophene rings is 1. The normalized spacial score (nSPS) is 12.4. The molecule has 0 aliphatic rings. The van der Waals surface area contributed by atoms with Gasteiger partial charge in [0.2, 0.25) is 0 Å². The fraction of sp³-hybridized carbons (Fsp3) is 0.105. The lowest BCUT2D eigenvalue weighted by Crippen LogP contribution is -1.97. The van der Waals surface area contributed by atoms with E-state index >= 15 is 0 Å². The maximum atomic E-state index is 10.6. The van der Waals surface area contributed by atoms with Crippen LogP contribution in [0.4, 0.5) is 5.82 Å². The van der Waals surface area contributed by atoms with Gasteiger partial charge in [0.25, 0.3) is 0 Å². The van der Waals surface area contributed by atoms with E-state index in [1.54, 1.807) is 18.5 Å². The number of nitrogen functional groups attached to an aromatic ring is 1. The molecule has 5 nitrogen and oxygen atoms in total. The van der Waals surface area contributed by atoms with Crippen LogP contribution < -0.4 is 5.73 Å². The molecule has 1 atom stereocenters. The molecule has 0 saturated carbocycles. The molecule has 3 aromatic heterocycles. The monoisotopic (exact) mass is 348 g/mol. The van der Waals surface area contributed by atoms with Crippen LogP contribution in [-0.2, 0) is 0 Å². The summed E-state index contributed by atoms with van der Waals surface area (Å²) in [4.78, 5) is 14.7. The third-order valence-corrected chi connectivity index (χ3v) is 5.07. The van der Waals surface area contributed by atoms with Gasteiger partial charge in [-0.1, -0.05) is 29.8 Å². The Morgan fingerprint density at radius 2 is 2.00 bits per heavy atom. The van der Waals surface area contributed by atoms with Gasteiger partial charge in [-0.3, -0.25) is 4.98 Å². The van der Waals surface area contributed by atoms with Gasteiger partial charge < -0.3 is 10.8 Å². The van der Waals surface area contributed by atoms with Crippen LogP contribution in [0.5, 0.6) is 0 Å². The average molecular weight is 348 g/mol. The van der Waals surface area contributed by atoms with Crippen LogP contribution in [0.1, 0.15) is 22.1 Å². The van der Waals surface area contributed by atoms with Crippen molar-refractivity contribution in [1.29, 1.82) is 0 Å². The number of nitrogens with two attached hydrogens (primary N) is 1. The highest BCUT2D eigenvalue weighted by atomic mass is 32.1. The predicted octanol–water partition coefficient (Wildman–Crippen LogP) is 3.73. The molecule has 0 aliphatic carbocycles. The van der Waals surface area contributed by atoms with Gasteiger partial charge in [0, 0.05) is 28.4 Å². The van der Waals surface area contributed by atoms with Crippen molar-refractivity contribution in [2.24, 2.45) is 0 Å². The van der Waals surface area contributed by atoms with E-state index < -0.39 is 6.10 Å². The van der Waals surface area contributed by atoms with Crippen LogP contribution in [0, 0.1) is 6.92 Å². The molecule has 0 spiro atoms. The minimum Gasteiger partial charge on any atom is -0.383 e. The molecule has 0 aliphatic heterocycles. The highest BCUT2D eigenvalue weighted by Gasteiger charge is 2.17. The summed E-state index contributed by atoms with van der Waals surface area (Å²) in [7, 11) is 0. The molecule has 25 heavy (non-hydrogen) atoms. The molecule has 124 valence electrons. The Bertz CT molecular complexity index is 1050. The van der Waals surface area contributed by atoms with Crippen molar-refractivity contribution < 1.29 is 5.11 Å². The fourth-order valence-corrected chi connectivity index (χ4v) is 3.77. The van der Waals surface area contributed by atoms with E-state index in [-0.39, 0.29) is 0 Å². The molecule has 0 saturated heterocycles. The molecule has 4 aromatic rings. The first-order valence-corrected chi connectivity index (χ1v) is 8.65. The molecule has 1 aromatic carbocycles. The lowest BCUT2D eigenvalue weighted by atomic mass is 10.1. The number of aliphatic hydroxyl groups excluding tert-OH is 1. The summed E-state index contributed by atoms with van der Waals surface area (Å²) in [6.07, 6.45) is 2.58. The van der Waals surface area contributed by atoms with Gasteiger partial charge >= 0.3 is 0 Å². The number of aliphatic hydroxyl groups is 1. The summed E-state index contributed by atoms with van der Waals surface area (Å²) in [5, 5.41) is 11.4. The Hall–Kier alpha value is -2.83. The number of aromatic nitrogens is 3. The van der Waals surface area contributed by atoms with Crippen LogP contribution in [0.2, 0.25) is 0 Å². The summed E-state index contributed by atoms with van der Waals surface area (Å²) in [5.41, 5.74) is 8.95. The van der Waals surface area contributed by atoms with Gasteiger partial charge in [-0.05, 0) is 25.1 Å². The minimum atomic E-state index is -0.755. The first kappa shape index (κ1) is 15.7. The van der Waals surface area contributed by atoms with E-state index in [0.29, 0.717) is 11.6 Å². The van der Waals surface area contributed by atoms with Crippen LogP contribution in [0.25, 0.3) is 21.6 Å². The van der Waals surface area contributed by atoms with Gasteiger partial charge in [-0.2, -0.15) is 0 Å². The quantitative estimate of drug-likeness (QED) is 0.589. The van der Waals surface area contributed by atoms with Crippen LogP contribution in [-0.4, -0.2) is 20.1 Å². The standard InChI is InChI=1S/C19H16N4OS/c1-11-4-2-5-12(8-11)18-22-17(20)14-9-15(25-19(14)23-18)16(24)13-6-3-7-21-10-13/h2-10,16,24H,1H3,(H2,20,22,23). The zero-order valence-electron chi connectivity index (χ0n) is 13.5. The molecule has 0 bridgehead atoms. The Morgan fingerprint density at radius 3 is 2.76 bits per heavy atom. The lowest BCUT2D eigenvalue weighted by molar-refractivity contribution is 0.224.